The zero-order valence-electron chi connectivity index (χ0n) is 11.4. The molecule has 106 valence electrons. The normalized spacial score (nSPS) is 12.0. The smallest absolute Gasteiger partial charge is 0.289 e. The second-order valence-electron chi connectivity index (χ2n) is 4.58. The second kappa shape index (κ2) is 5.62. The highest BCUT2D eigenvalue weighted by Gasteiger charge is 2.22. The molecule has 3 aromatic rings. The summed E-state index contributed by atoms with van der Waals surface area (Å²) >= 11 is 0. The third-order valence-electron chi connectivity index (χ3n) is 3.18. The topological polar surface area (TPSA) is 73.0 Å². The molecule has 3 rings (SSSR count). The van der Waals surface area contributed by atoms with Crippen molar-refractivity contribution in [1.82, 2.24) is 19.9 Å². The Hall–Kier alpha value is -2.89. The van der Waals surface area contributed by atoms with Gasteiger partial charge in [-0.25, -0.2) is 9.97 Å². The highest BCUT2D eigenvalue weighted by molar-refractivity contribution is 5.91. The number of nitrogens with one attached hydrogen (secondary N) is 1. The van der Waals surface area contributed by atoms with Crippen LogP contribution in [0.3, 0.4) is 0 Å². The molecule has 6 heteroatoms. The summed E-state index contributed by atoms with van der Waals surface area (Å²) < 4.78 is 6.90. The van der Waals surface area contributed by atoms with Crippen molar-refractivity contribution < 1.29 is 9.21 Å². The van der Waals surface area contributed by atoms with Crippen molar-refractivity contribution in [3.63, 3.8) is 0 Å². The average molecular weight is 282 g/mol. The number of carbonyl (C=O) groups excluding carboxylic acids is 1. The van der Waals surface area contributed by atoms with E-state index in [4.69, 9.17) is 4.42 Å². The Morgan fingerprint density at radius 2 is 2.14 bits per heavy atom. The number of carbonyl (C=O) groups is 1. The van der Waals surface area contributed by atoms with Gasteiger partial charge in [0.1, 0.15) is 11.9 Å². The van der Waals surface area contributed by atoms with E-state index < -0.39 is 0 Å². The Morgan fingerprint density at radius 3 is 2.76 bits per heavy atom. The Balaban J connectivity index is 1.94. The standard InChI is InChI=1S/C15H14N4O2/c1-19-8-7-17-14(19)13(11-5-3-2-4-6-11)18-15(20)12-9-16-10-21-12/h2-10,13H,1H3,(H,18,20). The molecule has 0 saturated heterocycles. The van der Waals surface area contributed by atoms with Gasteiger partial charge in [0.2, 0.25) is 5.76 Å². The maximum Gasteiger partial charge on any atom is 0.289 e. The summed E-state index contributed by atoms with van der Waals surface area (Å²) in [4.78, 5) is 20.3. The molecule has 1 aromatic carbocycles. The van der Waals surface area contributed by atoms with Crippen LogP contribution < -0.4 is 5.32 Å². The molecule has 0 fully saturated rings. The van der Waals surface area contributed by atoms with E-state index in [-0.39, 0.29) is 17.7 Å². The molecule has 0 radical (unpaired) electrons. The van der Waals surface area contributed by atoms with Crippen LogP contribution in [-0.2, 0) is 7.05 Å². The van der Waals surface area contributed by atoms with Crippen LogP contribution in [0.15, 0.2) is 59.7 Å². The fourth-order valence-electron chi connectivity index (χ4n) is 2.13. The second-order valence-corrected chi connectivity index (χ2v) is 4.58. The largest absolute Gasteiger partial charge is 0.438 e. The van der Waals surface area contributed by atoms with Crippen molar-refractivity contribution in [1.29, 1.82) is 0 Å². The van der Waals surface area contributed by atoms with Gasteiger partial charge in [-0.15, -0.1) is 0 Å². The first-order valence-electron chi connectivity index (χ1n) is 6.47. The van der Waals surface area contributed by atoms with Crippen LogP contribution in [0.25, 0.3) is 0 Å². The summed E-state index contributed by atoms with van der Waals surface area (Å²) in [6.45, 7) is 0. The molecule has 0 bridgehead atoms. The first kappa shape index (κ1) is 13.1. The molecule has 6 nitrogen and oxygen atoms in total. The van der Waals surface area contributed by atoms with Gasteiger partial charge < -0.3 is 14.3 Å². The van der Waals surface area contributed by atoms with Crippen molar-refractivity contribution >= 4 is 5.91 Å². The van der Waals surface area contributed by atoms with E-state index in [2.05, 4.69) is 15.3 Å². The number of aryl methyl sites for hydroxylation is 1. The summed E-state index contributed by atoms with van der Waals surface area (Å²) in [5.41, 5.74) is 0.944. The molecular weight excluding hydrogens is 268 g/mol. The van der Waals surface area contributed by atoms with Crippen molar-refractivity contribution in [2.24, 2.45) is 7.05 Å². The lowest BCUT2D eigenvalue weighted by Crippen LogP contribution is -2.30. The predicted molar refractivity (Wildman–Crippen MR) is 75.5 cm³/mol. The van der Waals surface area contributed by atoms with Crippen LogP contribution in [0.5, 0.6) is 0 Å². The monoisotopic (exact) mass is 282 g/mol. The van der Waals surface area contributed by atoms with Crippen molar-refractivity contribution in [3.05, 3.63) is 72.5 Å². The number of imidazole rings is 1. The van der Waals surface area contributed by atoms with E-state index >= 15 is 0 Å². The van der Waals surface area contributed by atoms with Crippen LogP contribution in [-0.4, -0.2) is 20.4 Å². The summed E-state index contributed by atoms with van der Waals surface area (Å²) in [6, 6.07) is 9.30. The lowest BCUT2D eigenvalue weighted by atomic mass is 10.1. The van der Waals surface area contributed by atoms with Crippen LogP contribution in [0.4, 0.5) is 0 Å². The van der Waals surface area contributed by atoms with Gasteiger partial charge in [0, 0.05) is 19.4 Å². The van der Waals surface area contributed by atoms with Crippen molar-refractivity contribution in [2.45, 2.75) is 6.04 Å². The Bertz CT molecular complexity index is 719. The van der Waals surface area contributed by atoms with Crippen LogP contribution in [0.2, 0.25) is 0 Å². The van der Waals surface area contributed by atoms with Gasteiger partial charge in [-0.1, -0.05) is 30.3 Å². The number of oxazole rings is 1. The molecule has 21 heavy (non-hydrogen) atoms. The highest BCUT2D eigenvalue weighted by atomic mass is 16.3. The fraction of sp³-hybridized carbons (Fsp3) is 0.133. The summed E-state index contributed by atoms with van der Waals surface area (Å²) in [7, 11) is 1.89. The first-order chi connectivity index (χ1) is 10.3. The minimum Gasteiger partial charge on any atom is -0.438 e. The van der Waals surface area contributed by atoms with Gasteiger partial charge in [-0.05, 0) is 5.56 Å². The van der Waals surface area contributed by atoms with E-state index in [0.717, 1.165) is 11.4 Å². The number of hydrogen-bond donors (Lipinski definition) is 1. The van der Waals surface area contributed by atoms with Crippen molar-refractivity contribution in [3.8, 4) is 0 Å². The summed E-state index contributed by atoms with van der Waals surface area (Å²) in [5, 5.41) is 2.92. The third kappa shape index (κ3) is 2.69. The number of benzene rings is 1. The minimum atomic E-state index is -0.358. The average Bonchev–Trinajstić information content (AvgIpc) is 3.17. The Kier molecular flexibility index (Phi) is 3.51. The van der Waals surface area contributed by atoms with E-state index in [1.165, 1.54) is 12.6 Å². The molecule has 2 heterocycles. The molecule has 1 N–H and O–H groups in total. The molecule has 0 spiro atoms. The number of nitrogens with zero attached hydrogens (tertiary/aromatic N) is 3. The lowest BCUT2D eigenvalue weighted by Gasteiger charge is -2.18. The molecule has 0 saturated carbocycles. The van der Waals surface area contributed by atoms with E-state index in [0.29, 0.717) is 0 Å². The quantitative estimate of drug-likeness (QED) is 0.793. The van der Waals surface area contributed by atoms with Gasteiger partial charge in [-0.2, -0.15) is 0 Å². The van der Waals surface area contributed by atoms with Gasteiger partial charge in [0.05, 0.1) is 6.20 Å². The van der Waals surface area contributed by atoms with Gasteiger partial charge in [0.25, 0.3) is 5.91 Å². The minimum absolute atomic E-state index is 0.171. The molecular formula is C15H14N4O2. The molecule has 1 amide bonds. The SMILES string of the molecule is Cn1ccnc1C(NC(=O)c1cnco1)c1ccccc1. The van der Waals surface area contributed by atoms with E-state index in [1.807, 2.05) is 48.1 Å². The molecule has 2 aromatic heterocycles. The molecule has 1 atom stereocenters. The Labute approximate surface area is 121 Å². The van der Waals surface area contributed by atoms with E-state index in [9.17, 15) is 4.79 Å². The number of aromatic nitrogens is 3. The van der Waals surface area contributed by atoms with Gasteiger partial charge in [0.15, 0.2) is 6.39 Å². The highest BCUT2D eigenvalue weighted by Crippen LogP contribution is 2.20. The van der Waals surface area contributed by atoms with Crippen LogP contribution in [0, 0.1) is 0 Å². The van der Waals surface area contributed by atoms with Crippen LogP contribution >= 0.6 is 0 Å². The zero-order valence-corrected chi connectivity index (χ0v) is 11.4. The number of amides is 1. The molecule has 0 aliphatic carbocycles. The maximum absolute atomic E-state index is 12.2. The summed E-state index contributed by atoms with van der Waals surface area (Å²) in [5.74, 6) is 0.587. The summed E-state index contributed by atoms with van der Waals surface area (Å²) in [6.07, 6.45) is 6.15. The maximum atomic E-state index is 12.2. The van der Waals surface area contributed by atoms with E-state index in [1.54, 1.807) is 6.20 Å². The third-order valence-corrected chi connectivity index (χ3v) is 3.18. The van der Waals surface area contributed by atoms with Gasteiger partial charge >= 0.3 is 0 Å². The van der Waals surface area contributed by atoms with Gasteiger partial charge in [-0.3, -0.25) is 4.79 Å². The van der Waals surface area contributed by atoms with Crippen molar-refractivity contribution in [2.75, 3.05) is 0 Å². The molecule has 0 aliphatic rings. The lowest BCUT2D eigenvalue weighted by molar-refractivity contribution is 0.0913. The predicted octanol–water partition coefficient (Wildman–Crippen LogP) is 1.93. The number of rotatable bonds is 4. The molecule has 1 unspecified atom stereocenters. The zero-order chi connectivity index (χ0) is 14.7. The van der Waals surface area contributed by atoms with Crippen LogP contribution in [0.1, 0.15) is 28.0 Å². The first-order valence-corrected chi connectivity index (χ1v) is 6.47. The Morgan fingerprint density at radius 1 is 1.33 bits per heavy atom. The molecule has 0 aliphatic heterocycles. The number of hydrogen-bond acceptors (Lipinski definition) is 4. The fourth-order valence-corrected chi connectivity index (χ4v) is 2.13.